The van der Waals surface area contributed by atoms with Crippen LogP contribution in [-0.2, 0) is 26.2 Å². The van der Waals surface area contributed by atoms with Crippen molar-refractivity contribution in [2.24, 2.45) is 13.0 Å². The van der Waals surface area contributed by atoms with Crippen LogP contribution in [0.1, 0.15) is 35.7 Å². The number of aromatic nitrogens is 5. The maximum Gasteiger partial charge on any atom is 0.416 e. The predicted octanol–water partition coefficient (Wildman–Crippen LogP) is 4.61. The van der Waals surface area contributed by atoms with E-state index < -0.39 is 23.0 Å². The molecule has 0 aliphatic carbocycles. The van der Waals surface area contributed by atoms with Gasteiger partial charge in [0.2, 0.25) is 5.16 Å². The van der Waals surface area contributed by atoms with Crippen LogP contribution in [0.3, 0.4) is 0 Å². The fourth-order valence-electron chi connectivity index (χ4n) is 3.69. The largest absolute Gasteiger partial charge is 0.416 e. The summed E-state index contributed by atoms with van der Waals surface area (Å²) < 4.78 is 43.5. The number of halogens is 3. The Kier molecular flexibility index (Phi) is 6.47. The lowest BCUT2D eigenvalue weighted by atomic mass is 10.0. The number of fused-ring (bicyclic) bond motifs is 1. The molecule has 0 aliphatic rings. The molecular weight excluding hydrogens is 487 g/mol. The summed E-state index contributed by atoms with van der Waals surface area (Å²) in [6.45, 7) is 5.99. The SMILES string of the molecule is Cc1nc(Sc2c(Cc3ccccc3C(F)(F)F)sc3c2c(=O)n(C)c(=O)n3CC(C)C)n[nH]1. The second kappa shape index (κ2) is 9.06. The first-order valence-electron chi connectivity index (χ1n) is 10.4. The van der Waals surface area contributed by atoms with E-state index in [1.165, 1.54) is 35.1 Å². The molecule has 1 N–H and O–H groups in total. The average molecular weight is 510 g/mol. The molecular formula is C22H22F3N5O2S2. The third kappa shape index (κ3) is 4.56. The van der Waals surface area contributed by atoms with Gasteiger partial charge in [0, 0.05) is 29.8 Å². The summed E-state index contributed by atoms with van der Waals surface area (Å²) in [5.74, 6) is 0.678. The standard InChI is InChI=1S/C22H22F3N5O2S2/c1-11(2)10-30-19-16(18(31)29(4)21(30)32)17(34-20-26-12(3)27-28-20)15(33-19)9-13-7-5-6-8-14(13)22(23,24)25/h5-8,11H,9-10H2,1-4H3,(H,26,27,28). The van der Waals surface area contributed by atoms with Gasteiger partial charge in [0.15, 0.2) is 0 Å². The molecule has 0 fully saturated rings. The van der Waals surface area contributed by atoms with Crippen LogP contribution < -0.4 is 11.2 Å². The van der Waals surface area contributed by atoms with Gasteiger partial charge in [-0.3, -0.25) is 19.0 Å². The number of hydrogen-bond donors (Lipinski definition) is 1. The van der Waals surface area contributed by atoms with Crippen LogP contribution in [0.15, 0.2) is 43.9 Å². The molecule has 0 unspecified atom stereocenters. The van der Waals surface area contributed by atoms with Crippen LogP contribution in [-0.4, -0.2) is 24.3 Å². The van der Waals surface area contributed by atoms with Crippen LogP contribution in [0.2, 0.25) is 0 Å². The Hall–Kier alpha value is -2.86. The van der Waals surface area contributed by atoms with Crippen LogP contribution in [0.4, 0.5) is 13.2 Å². The molecule has 0 aliphatic heterocycles. The van der Waals surface area contributed by atoms with Crippen molar-refractivity contribution in [1.82, 2.24) is 24.3 Å². The average Bonchev–Trinajstić information content (AvgIpc) is 3.33. The Bertz CT molecular complexity index is 1480. The lowest BCUT2D eigenvalue weighted by Gasteiger charge is -2.12. The Morgan fingerprint density at radius 2 is 1.91 bits per heavy atom. The van der Waals surface area contributed by atoms with E-state index in [1.807, 2.05) is 13.8 Å². The molecule has 7 nitrogen and oxygen atoms in total. The van der Waals surface area contributed by atoms with Crippen LogP contribution in [0, 0.1) is 12.8 Å². The van der Waals surface area contributed by atoms with Crippen LogP contribution >= 0.6 is 23.1 Å². The van der Waals surface area contributed by atoms with Crippen LogP contribution in [0.5, 0.6) is 0 Å². The van der Waals surface area contributed by atoms with Crippen molar-refractivity contribution in [3.05, 3.63) is 66.9 Å². The molecule has 4 rings (SSSR count). The zero-order valence-corrected chi connectivity index (χ0v) is 20.5. The highest BCUT2D eigenvalue weighted by Gasteiger charge is 2.33. The summed E-state index contributed by atoms with van der Waals surface area (Å²) in [4.78, 5) is 31.9. The van der Waals surface area contributed by atoms with Crippen molar-refractivity contribution < 1.29 is 13.2 Å². The second-order valence-electron chi connectivity index (χ2n) is 8.32. The number of aryl methyl sites for hydroxylation is 1. The minimum atomic E-state index is -4.52. The predicted molar refractivity (Wildman–Crippen MR) is 126 cm³/mol. The van der Waals surface area contributed by atoms with Gasteiger partial charge in [-0.1, -0.05) is 32.0 Å². The molecule has 180 valence electrons. The first kappa shape index (κ1) is 24.3. The summed E-state index contributed by atoms with van der Waals surface area (Å²) in [7, 11) is 1.41. The Labute approximate surface area is 200 Å². The second-order valence-corrected chi connectivity index (χ2v) is 10.4. The Balaban J connectivity index is 1.99. The van der Waals surface area contributed by atoms with Crippen LogP contribution in [0.25, 0.3) is 10.2 Å². The van der Waals surface area contributed by atoms with E-state index in [0.29, 0.717) is 37.5 Å². The van der Waals surface area contributed by atoms with E-state index in [9.17, 15) is 22.8 Å². The lowest BCUT2D eigenvalue weighted by molar-refractivity contribution is -0.138. The van der Waals surface area contributed by atoms with Gasteiger partial charge in [-0.15, -0.1) is 16.4 Å². The third-order valence-electron chi connectivity index (χ3n) is 5.19. The first-order chi connectivity index (χ1) is 16.0. The summed E-state index contributed by atoms with van der Waals surface area (Å²) in [6, 6.07) is 5.37. The zero-order valence-electron chi connectivity index (χ0n) is 18.9. The van der Waals surface area contributed by atoms with E-state index in [-0.39, 0.29) is 17.9 Å². The van der Waals surface area contributed by atoms with E-state index in [1.54, 1.807) is 13.0 Å². The smallest absolute Gasteiger partial charge is 0.284 e. The highest BCUT2D eigenvalue weighted by molar-refractivity contribution is 7.99. The van der Waals surface area contributed by atoms with Crippen molar-refractivity contribution >= 4 is 33.3 Å². The van der Waals surface area contributed by atoms with Gasteiger partial charge < -0.3 is 0 Å². The maximum absolute atomic E-state index is 13.7. The first-order valence-corrected chi connectivity index (χ1v) is 12.1. The van der Waals surface area contributed by atoms with E-state index >= 15 is 0 Å². The molecule has 34 heavy (non-hydrogen) atoms. The van der Waals surface area contributed by atoms with Gasteiger partial charge in [0.1, 0.15) is 10.7 Å². The van der Waals surface area contributed by atoms with Gasteiger partial charge in [-0.05, 0) is 36.2 Å². The minimum Gasteiger partial charge on any atom is -0.284 e. The molecule has 0 spiro atoms. The van der Waals surface area contributed by atoms with Gasteiger partial charge in [-0.25, -0.2) is 9.78 Å². The fourth-order valence-corrected chi connectivity index (χ4v) is 6.14. The quantitative estimate of drug-likeness (QED) is 0.411. The molecule has 3 heterocycles. The minimum absolute atomic E-state index is 0.0558. The number of rotatable bonds is 6. The molecule has 0 amide bonds. The van der Waals surface area contributed by atoms with E-state index in [4.69, 9.17) is 0 Å². The van der Waals surface area contributed by atoms with Gasteiger partial charge >= 0.3 is 11.9 Å². The molecule has 1 aromatic carbocycles. The fraction of sp³-hybridized carbons (Fsp3) is 0.364. The molecule has 12 heteroatoms. The molecule has 4 aromatic rings. The van der Waals surface area contributed by atoms with Crippen molar-refractivity contribution in [3.63, 3.8) is 0 Å². The van der Waals surface area contributed by atoms with Crippen molar-refractivity contribution in [3.8, 4) is 0 Å². The molecule has 0 radical (unpaired) electrons. The van der Waals surface area contributed by atoms with Crippen molar-refractivity contribution in [2.45, 2.75) is 50.0 Å². The number of alkyl halides is 3. The van der Waals surface area contributed by atoms with Gasteiger partial charge in [-0.2, -0.15) is 13.2 Å². The summed E-state index contributed by atoms with van der Waals surface area (Å²) >= 11 is 2.27. The molecule has 3 aromatic heterocycles. The van der Waals surface area contributed by atoms with Crippen molar-refractivity contribution in [1.29, 1.82) is 0 Å². The highest BCUT2D eigenvalue weighted by atomic mass is 32.2. The summed E-state index contributed by atoms with van der Waals surface area (Å²) in [5, 5.41) is 7.48. The van der Waals surface area contributed by atoms with Gasteiger partial charge in [0.25, 0.3) is 5.56 Å². The normalized spacial score (nSPS) is 12.2. The molecule has 0 atom stereocenters. The Morgan fingerprint density at radius 1 is 1.21 bits per heavy atom. The zero-order chi connectivity index (χ0) is 24.8. The lowest BCUT2D eigenvalue weighted by Crippen LogP contribution is -2.38. The topological polar surface area (TPSA) is 85.6 Å². The number of thiophene rings is 1. The molecule has 0 bridgehead atoms. The van der Waals surface area contributed by atoms with E-state index in [2.05, 4.69) is 15.2 Å². The number of hydrogen-bond acceptors (Lipinski definition) is 6. The highest BCUT2D eigenvalue weighted by Crippen LogP contribution is 2.41. The third-order valence-corrected chi connectivity index (χ3v) is 7.55. The van der Waals surface area contributed by atoms with Crippen molar-refractivity contribution in [2.75, 3.05) is 0 Å². The summed E-state index contributed by atoms with van der Waals surface area (Å²) in [6.07, 6.45) is -4.57. The number of nitrogens with zero attached hydrogens (tertiary/aromatic N) is 4. The summed E-state index contributed by atoms with van der Waals surface area (Å²) in [5.41, 5.74) is -1.60. The van der Waals surface area contributed by atoms with E-state index in [0.717, 1.165) is 22.4 Å². The number of nitrogens with one attached hydrogen (secondary N) is 1. The number of benzene rings is 1. The number of H-pyrrole nitrogens is 1. The monoisotopic (exact) mass is 509 g/mol. The number of aromatic amines is 1. The molecule has 0 saturated heterocycles. The van der Waals surface area contributed by atoms with Gasteiger partial charge in [0.05, 0.1) is 10.9 Å². The maximum atomic E-state index is 13.7. The molecule has 0 saturated carbocycles. The Morgan fingerprint density at radius 3 is 2.53 bits per heavy atom.